The number of allylic oxidation sites excluding steroid dienone is 1. The van der Waals surface area contributed by atoms with Gasteiger partial charge in [-0.3, -0.25) is 0 Å². The van der Waals surface area contributed by atoms with Gasteiger partial charge in [0, 0.05) is 5.92 Å². The molecule has 0 aromatic carbocycles. The van der Waals surface area contributed by atoms with Gasteiger partial charge in [-0.25, -0.2) is 0 Å². The highest BCUT2D eigenvalue weighted by Crippen LogP contribution is 2.14. The lowest BCUT2D eigenvalue weighted by Crippen LogP contribution is -2.14. The number of nitrogens with zero attached hydrogens (tertiary/aromatic N) is 2. The van der Waals surface area contributed by atoms with Gasteiger partial charge in [-0.1, -0.05) is 17.3 Å². The molecule has 0 aromatic heterocycles. The van der Waals surface area contributed by atoms with Gasteiger partial charge < -0.3 is 5.11 Å². The average molecular weight is 186 g/mol. The minimum absolute atomic E-state index is 0.0824. The van der Waals surface area contributed by atoms with Crippen LogP contribution in [0.1, 0.15) is 20.3 Å². The molecular formula is C8H14N2O3. The largest absolute Gasteiger partial charge is 0.513 e. The molecule has 0 saturated carbocycles. The second-order valence-electron chi connectivity index (χ2n) is 2.98. The molecule has 13 heavy (non-hydrogen) atoms. The molecule has 0 aliphatic heterocycles. The summed E-state index contributed by atoms with van der Waals surface area (Å²) in [5.41, 5.74) is 0. The fourth-order valence-electron chi connectivity index (χ4n) is 1.09. The highest BCUT2D eigenvalue weighted by Gasteiger charge is 2.15. The van der Waals surface area contributed by atoms with Crippen LogP contribution in [0.25, 0.3) is 0 Å². The van der Waals surface area contributed by atoms with Crippen LogP contribution in [0.2, 0.25) is 0 Å². The van der Waals surface area contributed by atoms with Gasteiger partial charge in [-0.05, 0) is 19.4 Å². The van der Waals surface area contributed by atoms with Crippen molar-refractivity contribution in [3.05, 3.63) is 21.6 Å². The summed E-state index contributed by atoms with van der Waals surface area (Å²) in [6.45, 7) is 3.37. The first kappa shape index (κ1) is 11.7. The second-order valence-corrected chi connectivity index (χ2v) is 2.98. The molecule has 5 heteroatoms. The Hall–Kier alpha value is -1.26. The summed E-state index contributed by atoms with van der Waals surface area (Å²) in [5, 5.41) is 14.5. The van der Waals surface area contributed by atoms with Crippen molar-refractivity contribution < 1.29 is 5.11 Å². The SMILES string of the molecule is C/C(O)=C\[C@H](C)[C@H](CCN=O)N=O. The first-order valence-electron chi connectivity index (χ1n) is 4.10. The number of aliphatic hydroxyl groups excluding tert-OH is 1. The van der Waals surface area contributed by atoms with Crippen LogP contribution in [0.5, 0.6) is 0 Å². The smallest absolute Gasteiger partial charge is 0.0999 e. The first-order chi connectivity index (χ1) is 6.11. The zero-order chi connectivity index (χ0) is 10.3. The normalized spacial score (nSPS) is 16.3. The van der Waals surface area contributed by atoms with Crippen molar-refractivity contribution in [3.63, 3.8) is 0 Å². The van der Waals surface area contributed by atoms with Crippen molar-refractivity contribution in [2.24, 2.45) is 16.3 Å². The Kier molecular flexibility index (Phi) is 5.67. The molecule has 0 heterocycles. The van der Waals surface area contributed by atoms with Gasteiger partial charge in [0.1, 0.15) is 0 Å². The molecular weight excluding hydrogens is 172 g/mol. The van der Waals surface area contributed by atoms with E-state index in [1.165, 1.54) is 13.0 Å². The van der Waals surface area contributed by atoms with E-state index >= 15 is 0 Å². The van der Waals surface area contributed by atoms with Gasteiger partial charge in [0.25, 0.3) is 0 Å². The Bertz CT molecular complexity index is 200. The Morgan fingerprint density at radius 3 is 2.54 bits per heavy atom. The number of hydrogen-bond donors (Lipinski definition) is 1. The molecule has 5 nitrogen and oxygen atoms in total. The van der Waals surface area contributed by atoms with E-state index in [2.05, 4.69) is 10.4 Å². The van der Waals surface area contributed by atoms with E-state index in [1.807, 2.05) is 0 Å². The van der Waals surface area contributed by atoms with E-state index < -0.39 is 6.04 Å². The van der Waals surface area contributed by atoms with E-state index in [0.717, 1.165) is 0 Å². The summed E-state index contributed by atoms with van der Waals surface area (Å²) < 4.78 is 0. The fraction of sp³-hybridized carbons (Fsp3) is 0.750. The van der Waals surface area contributed by atoms with Crippen LogP contribution >= 0.6 is 0 Å². The maximum absolute atomic E-state index is 10.3. The predicted octanol–water partition coefficient (Wildman–Crippen LogP) is 2.38. The van der Waals surface area contributed by atoms with E-state index in [-0.39, 0.29) is 18.2 Å². The number of rotatable bonds is 6. The Morgan fingerprint density at radius 1 is 1.54 bits per heavy atom. The standard InChI is InChI=1S/C8H14N2O3/c1-6(5-7(2)11)8(10-13)3-4-9-12/h5-6,8,11H,3-4H2,1-2H3/b7-5+/t6-,8-/m0/s1. The van der Waals surface area contributed by atoms with Crippen LogP contribution in [0, 0.1) is 15.7 Å². The van der Waals surface area contributed by atoms with E-state index in [1.54, 1.807) is 6.92 Å². The molecule has 1 N–H and O–H groups in total. The van der Waals surface area contributed by atoms with E-state index in [0.29, 0.717) is 6.42 Å². The number of nitroso groups, excluding NO2 is 2. The van der Waals surface area contributed by atoms with E-state index in [4.69, 9.17) is 5.11 Å². The van der Waals surface area contributed by atoms with Crippen molar-refractivity contribution in [2.45, 2.75) is 26.3 Å². The van der Waals surface area contributed by atoms with Crippen molar-refractivity contribution in [2.75, 3.05) is 6.54 Å². The maximum Gasteiger partial charge on any atom is 0.0999 e. The molecule has 0 saturated heterocycles. The van der Waals surface area contributed by atoms with Gasteiger partial charge in [0.2, 0.25) is 0 Å². The molecule has 0 amide bonds. The monoisotopic (exact) mass is 186 g/mol. The lowest BCUT2D eigenvalue weighted by atomic mass is 9.99. The third-order valence-electron chi connectivity index (χ3n) is 1.76. The summed E-state index contributed by atoms with van der Waals surface area (Å²) in [6, 6.07) is -0.486. The van der Waals surface area contributed by atoms with Crippen LogP contribution in [0.3, 0.4) is 0 Å². The highest BCUT2D eigenvalue weighted by atomic mass is 16.3. The average Bonchev–Trinajstić information content (AvgIpc) is 2.04. The summed E-state index contributed by atoms with van der Waals surface area (Å²) in [6.07, 6.45) is 1.87. The molecule has 2 atom stereocenters. The molecule has 0 bridgehead atoms. The van der Waals surface area contributed by atoms with Crippen molar-refractivity contribution >= 4 is 0 Å². The van der Waals surface area contributed by atoms with Gasteiger partial charge in [0.15, 0.2) is 0 Å². The zero-order valence-corrected chi connectivity index (χ0v) is 7.80. The number of aliphatic hydroxyl groups is 1. The molecule has 0 aromatic rings. The summed E-state index contributed by atoms with van der Waals surface area (Å²) in [4.78, 5) is 20.1. The van der Waals surface area contributed by atoms with Crippen molar-refractivity contribution in [1.29, 1.82) is 0 Å². The molecule has 0 aliphatic carbocycles. The van der Waals surface area contributed by atoms with Crippen molar-refractivity contribution in [3.8, 4) is 0 Å². The van der Waals surface area contributed by atoms with Crippen LogP contribution < -0.4 is 0 Å². The number of hydrogen-bond acceptors (Lipinski definition) is 5. The quantitative estimate of drug-likeness (QED) is 0.510. The molecule has 0 radical (unpaired) electrons. The lowest BCUT2D eigenvalue weighted by molar-refractivity contribution is 0.398. The fourth-order valence-corrected chi connectivity index (χ4v) is 1.09. The molecule has 0 fully saturated rings. The Balaban J connectivity index is 4.13. The zero-order valence-electron chi connectivity index (χ0n) is 7.80. The second kappa shape index (κ2) is 6.28. The molecule has 0 unspecified atom stereocenters. The van der Waals surface area contributed by atoms with Gasteiger partial charge >= 0.3 is 0 Å². The Labute approximate surface area is 76.8 Å². The third kappa shape index (κ3) is 5.05. The van der Waals surface area contributed by atoms with Crippen molar-refractivity contribution in [1.82, 2.24) is 0 Å². The molecule has 74 valence electrons. The third-order valence-corrected chi connectivity index (χ3v) is 1.76. The topological polar surface area (TPSA) is 79.1 Å². The van der Waals surface area contributed by atoms with Crippen LogP contribution in [0.4, 0.5) is 0 Å². The minimum Gasteiger partial charge on any atom is -0.513 e. The van der Waals surface area contributed by atoms with Gasteiger partial charge in [0.05, 0.1) is 18.3 Å². The van der Waals surface area contributed by atoms with Crippen LogP contribution in [-0.4, -0.2) is 17.7 Å². The Morgan fingerprint density at radius 2 is 2.15 bits per heavy atom. The summed E-state index contributed by atoms with van der Waals surface area (Å²) in [7, 11) is 0. The molecule has 0 rings (SSSR count). The predicted molar refractivity (Wildman–Crippen MR) is 50.4 cm³/mol. The van der Waals surface area contributed by atoms with Crippen LogP contribution in [-0.2, 0) is 0 Å². The molecule has 0 aliphatic rings. The first-order valence-corrected chi connectivity index (χ1v) is 4.10. The maximum atomic E-state index is 10.3. The van der Waals surface area contributed by atoms with Gasteiger partial charge in [-0.2, -0.15) is 9.81 Å². The highest BCUT2D eigenvalue weighted by molar-refractivity contribution is 4.95. The van der Waals surface area contributed by atoms with E-state index in [9.17, 15) is 9.81 Å². The summed E-state index contributed by atoms with van der Waals surface area (Å²) in [5.74, 6) is -0.00976. The minimum atomic E-state index is -0.486. The summed E-state index contributed by atoms with van der Waals surface area (Å²) >= 11 is 0. The lowest BCUT2D eigenvalue weighted by Gasteiger charge is -2.11. The van der Waals surface area contributed by atoms with Crippen LogP contribution in [0.15, 0.2) is 22.2 Å². The van der Waals surface area contributed by atoms with Gasteiger partial charge in [-0.15, -0.1) is 0 Å². The molecule has 0 spiro atoms.